The van der Waals surface area contributed by atoms with E-state index in [4.69, 9.17) is 11.6 Å². The lowest BCUT2D eigenvalue weighted by Gasteiger charge is -2.13. The van der Waals surface area contributed by atoms with Crippen molar-refractivity contribution in [1.82, 2.24) is 15.1 Å². The normalized spacial score (nSPS) is 11.3. The number of hydrogen-bond donors (Lipinski definition) is 2. The van der Waals surface area contributed by atoms with E-state index in [2.05, 4.69) is 5.10 Å². The molecule has 13 heteroatoms. The van der Waals surface area contributed by atoms with E-state index in [1.807, 2.05) is 10.6 Å². The van der Waals surface area contributed by atoms with Gasteiger partial charge in [0.25, 0.3) is 5.91 Å². The van der Waals surface area contributed by atoms with Crippen LogP contribution in [0.1, 0.15) is 16.1 Å². The van der Waals surface area contributed by atoms with Crippen LogP contribution >= 0.6 is 11.6 Å². The van der Waals surface area contributed by atoms with E-state index in [1.165, 1.54) is 24.3 Å². The van der Waals surface area contributed by atoms with Crippen LogP contribution in [-0.2, 0) is 11.0 Å². The van der Waals surface area contributed by atoms with Crippen molar-refractivity contribution in [2.24, 2.45) is 0 Å². The number of nitrogens with one attached hydrogen (secondary N) is 2. The summed E-state index contributed by atoms with van der Waals surface area (Å²) in [4.78, 5) is 24.2. The minimum Gasteiger partial charge on any atom is -0.343 e. The maximum Gasteiger partial charge on any atom is 0.434 e. The number of anilines is 1. The van der Waals surface area contributed by atoms with E-state index in [9.17, 15) is 35.9 Å². The molecule has 0 saturated heterocycles. The Bertz CT molecular complexity index is 1200. The van der Waals surface area contributed by atoms with E-state index in [0.29, 0.717) is 16.9 Å². The summed E-state index contributed by atoms with van der Waals surface area (Å²) < 4.78 is 81.1. The van der Waals surface area contributed by atoms with Gasteiger partial charge in [0, 0.05) is 5.02 Å². The summed E-state index contributed by atoms with van der Waals surface area (Å²) >= 11 is 5.79. The smallest absolute Gasteiger partial charge is 0.343 e. The van der Waals surface area contributed by atoms with Crippen LogP contribution in [0.5, 0.6) is 0 Å². The summed E-state index contributed by atoms with van der Waals surface area (Å²) in [6.45, 7) is -0.892. The number of amides is 2. The third kappa shape index (κ3) is 4.85. The molecule has 3 rings (SSSR count). The molecule has 3 aromatic rings. The number of carbonyl (C=O) groups excluding carboxylic acids is 2. The Hall–Kier alpha value is -3.54. The van der Waals surface area contributed by atoms with Gasteiger partial charge < -0.3 is 10.6 Å². The molecule has 2 amide bonds. The molecular weight excluding hydrogens is 466 g/mol. The zero-order valence-corrected chi connectivity index (χ0v) is 16.4. The van der Waals surface area contributed by atoms with Crippen molar-refractivity contribution in [3.63, 3.8) is 0 Å². The molecule has 0 aliphatic carbocycles. The zero-order valence-electron chi connectivity index (χ0n) is 15.6. The van der Waals surface area contributed by atoms with Gasteiger partial charge in [0.05, 0.1) is 29.7 Å². The fraction of sp³-hybridized carbons (Fsp3) is 0.105. The Morgan fingerprint density at radius 1 is 1.06 bits per heavy atom. The molecule has 0 saturated carbocycles. The van der Waals surface area contributed by atoms with Gasteiger partial charge in [-0.15, -0.1) is 0 Å². The summed E-state index contributed by atoms with van der Waals surface area (Å²) in [7, 11) is 0. The highest BCUT2D eigenvalue weighted by Gasteiger charge is 2.40. The van der Waals surface area contributed by atoms with Crippen LogP contribution in [0, 0.1) is 17.5 Å². The topological polar surface area (TPSA) is 76.0 Å². The maximum atomic E-state index is 13.6. The molecule has 0 radical (unpaired) electrons. The first-order valence-electron chi connectivity index (χ1n) is 8.61. The minimum atomic E-state index is -5.00. The molecule has 0 unspecified atom stereocenters. The molecule has 0 aliphatic rings. The summed E-state index contributed by atoms with van der Waals surface area (Å²) in [6.07, 6.45) is -4.34. The molecule has 2 aromatic carbocycles. The van der Waals surface area contributed by atoms with Crippen LogP contribution in [0.4, 0.5) is 32.0 Å². The monoisotopic (exact) mass is 476 g/mol. The van der Waals surface area contributed by atoms with Crippen LogP contribution in [0.15, 0.2) is 42.6 Å². The second-order valence-corrected chi connectivity index (χ2v) is 6.69. The maximum absolute atomic E-state index is 13.6. The zero-order chi connectivity index (χ0) is 23.6. The SMILES string of the molecule is O=C(CNC(=O)c1cnn(-c2cccc(Cl)c2)c1C(F)(F)F)Nc1ccc(F)c(F)c1F. The predicted octanol–water partition coefficient (Wildman–Crippen LogP) is 4.33. The number of alkyl halides is 3. The molecule has 32 heavy (non-hydrogen) atoms. The molecule has 2 N–H and O–H groups in total. The largest absolute Gasteiger partial charge is 0.434 e. The van der Waals surface area contributed by atoms with E-state index in [0.717, 1.165) is 6.07 Å². The first kappa shape index (κ1) is 23.1. The van der Waals surface area contributed by atoms with Gasteiger partial charge >= 0.3 is 6.18 Å². The quantitative estimate of drug-likeness (QED) is 0.425. The predicted molar refractivity (Wildman–Crippen MR) is 101 cm³/mol. The van der Waals surface area contributed by atoms with Crippen LogP contribution in [-0.4, -0.2) is 28.1 Å². The highest BCUT2D eigenvalue weighted by Crippen LogP contribution is 2.34. The molecule has 1 aromatic heterocycles. The third-order valence-electron chi connectivity index (χ3n) is 4.05. The Labute approximate surface area is 180 Å². The van der Waals surface area contributed by atoms with Gasteiger partial charge in [0.2, 0.25) is 5.91 Å². The summed E-state index contributed by atoms with van der Waals surface area (Å²) in [5.74, 6) is -7.38. The lowest BCUT2D eigenvalue weighted by molar-refractivity contribution is -0.143. The number of nitrogens with zero attached hydrogens (tertiary/aromatic N) is 2. The first-order chi connectivity index (χ1) is 15.0. The van der Waals surface area contributed by atoms with Crippen LogP contribution in [0.25, 0.3) is 5.69 Å². The van der Waals surface area contributed by atoms with Gasteiger partial charge in [0.1, 0.15) is 0 Å². The lowest BCUT2D eigenvalue weighted by atomic mass is 10.2. The van der Waals surface area contributed by atoms with Crippen molar-refractivity contribution < 1.29 is 35.9 Å². The molecule has 0 bridgehead atoms. The molecule has 0 aliphatic heterocycles. The summed E-state index contributed by atoms with van der Waals surface area (Å²) in [6, 6.07) is 6.62. The Kier molecular flexibility index (Phi) is 6.44. The Balaban J connectivity index is 1.78. The van der Waals surface area contributed by atoms with E-state index in [-0.39, 0.29) is 10.7 Å². The molecule has 6 nitrogen and oxygen atoms in total. The molecule has 168 valence electrons. The molecule has 0 atom stereocenters. The average molecular weight is 477 g/mol. The lowest BCUT2D eigenvalue weighted by Crippen LogP contribution is -2.34. The van der Waals surface area contributed by atoms with Gasteiger partial charge in [-0.1, -0.05) is 17.7 Å². The number of aromatic nitrogens is 2. The minimum absolute atomic E-state index is 0.0598. The van der Waals surface area contributed by atoms with Gasteiger partial charge in [-0.25, -0.2) is 17.9 Å². The fourth-order valence-corrected chi connectivity index (χ4v) is 2.85. The Morgan fingerprint density at radius 2 is 1.78 bits per heavy atom. The number of halogens is 7. The van der Waals surface area contributed by atoms with Crippen molar-refractivity contribution in [2.75, 3.05) is 11.9 Å². The molecule has 0 spiro atoms. The van der Waals surface area contributed by atoms with Crippen molar-refractivity contribution in [3.8, 4) is 5.69 Å². The second kappa shape index (κ2) is 8.91. The van der Waals surface area contributed by atoms with Gasteiger partial charge in [-0.05, 0) is 30.3 Å². The van der Waals surface area contributed by atoms with Crippen LogP contribution in [0.3, 0.4) is 0 Å². The van der Waals surface area contributed by atoms with Gasteiger partial charge in [-0.3, -0.25) is 9.59 Å². The summed E-state index contributed by atoms with van der Waals surface area (Å²) in [5.41, 5.74) is -3.07. The van der Waals surface area contributed by atoms with Crippen LogP contribution < -0.4 is 10.6 Å². The second-order valence-electron chi connectivity index (χ2n) is 6.25. The molecular formula is C19H11ClF6N4O2. The Morgan fingerprint density at radius 3 is 2.44 bits per heavy atom. The van der Waals surface area contributed by atoms with E-state index in [1.54, 1.807) is 0 Å². The number of carbonyl (C=O) groups is 2. The van der Waals surface area contributed by atoms with Crippen molar-refractivity contribution in [2.45, 2.75) is 6.18 Å². The van der Waals surface area contributed by atoms with Crippen molar-refractivity contribution >= 4 is 29.1 Å². The van der Waals surface area contributed by atoms with E-state index < -0.39 is 58.9 Å². The highest BCUT2D eigenvalue weighted by molar-refractivity contribution is 6.30. The van der Waals surface area contributed by atoms with E-state index >= 15 is 0 Å². The van der Waals surface area contributed by atoms with Crippen LogP contribution in [0.2, 0.25) is 5.02 Å². The number of hydrogen-bond acceptors (Lipinski definition) is 3. The van der Waals surface area contributed by atoms with Crippen molar-refractivity contribution in [1.29, 1.82) is 0 Å². The van der Waals surface area contributed by atoms with Gasteiger partial charge in [-0.2, -0.15) is 18.3 Å². The molecule has 1 heterocycles. The van der Waals surface area contributed by atoms with Crippen molar-refractivity contribution in [3.05, 3.63) is 76.3 Å². The number of rotatable bonds is 5. The summed E-state index contributed by atoms with van der Waals surface area (Å²) in [5, 5.41) is 7.53. The average Bonchev–Trinajstić information content (AvgIpc) is 3.18. The fourth-order valence-electron chi connectivity index (χ4n) is 2.66. The number of benzene rings is 2. The first-order valence-corrected chi connectivity index (χ1v) is 8.99. The van der Waals surface area contributed by atoms with Gasteiger partial charge in [0.15, 0.2) is 23.1 Å². The standard InChI is InChI=1S/C19H11ClF6N4O2/c20-9-2-1-3-10(6-9)30-17(19(24,25)26)11(7-28-30)18(32)27-8-14(31)29-13-5-4-12(21)15(22)16(13)23/h1-7H,8H2,(H,27,32)(H,29,31). The highest BCUT2D eigenvalue weighted by atomic mass is 35.5. The third-order valence-corrected chi connectivity index (χ3v) is 4.29. The molecule has 0 fully saturated rings.